The molecule has 0 N–H and O–H groups in total. The molecule has 0 saturated carbocycles. The quantitative estimate of drug-likeness (QED) is 0.613. The summed E-state index contributed by atoms with van der Waals surface area (Å²) in [6, 6.07) is 10.8. The van der Waals surface area contributed by atoms with Gasteiger partial charge < -0.3 is 0 Å². The van der Waals surface area contributed by atoms with Gasteiger partial charge in [-0.2, -0.15) is 0 Å². The average Bonchev–Trinajstić information content (AvgIpc) is 2.44. The molecule has 1 amide bonds. The van der Waals surface area contributed by atoms with Gasteiger partial charge in [0.2, 0.25) is 0 Å². The van der Waals surface area contributed by atoms with Crippen molar-refractivity contribution in [3.63, 3.8) is 0 Å². The molecule has 0 aromatic heterocycles. The lowest BCUT2D eigenvalue weighted by Gasteiger charge is -2.14. The van der Waals surface area contributed by atoms with Gasteiger partial charge in [-0.1, -0.05) is 24.3 Å². The van der Waals surface area contributed by atoms with Gasteiger partial charge in [-0.05, 0) is 22.9 Å². The van der Waals surface area contributed by atoms with Gasteiger partial charge in [0.15, 0.2) is 6.29 Å². The van der Waals surface area contributed by atoms with Crippen LogP contribution in [0.15, 0.2) is 36.4 Å². The zero-order valence-electron chi connectivity index (χ0n) is 10.2. The van der Waals surface area contributed by atoms with Crippen molar-refractivity contribution in [1.82, 2.24) is 5.06 Å². The molecule has 0 heterocycles. The normalized spacial score (nSPS) is 10.3. The lowest BCUT2D eigenvalue weighted by molar-refractivity contribution is -0.0756. The molecule has 0 aliphatic carbocycles. The van der Waals surface area contributed by atoms with Crippen LogP contribution in [-0.2, 0) is 4.84 Å². The van der Waals surface area contributed by atoms with Gasteiger partial charge >= 0.3 is 0 Å². The second kappa shape index (κ2) is 4.98. The monoisotopic (exact) mass is 243 g/mol. The molecule has 2 aromatic carbocycles. The van der Waals surface area contributed by atoms with E-state index in [0.29, 0.717) is 11.1 Å². The molecule has 0 fully saturated rings. The number of amides is 1. The highest BCUT2D eigenvalue weighted by Crippen LogP contribution is 2.20. The Hall–Kier alpha value is -2.20. The highest BCUT2D eigenvalue weighted by atomic mass is 16.7. The summed E-state index contributed by atoms with van der Waals surface area (Å²) in [5.41, 5.74) is 0.932. The Morgan fingerprint density at radius 1 is 1.28 bits per heavy atom. The molecule has 4 nitrogen and oxygen atoms in total. The van der Waals surface area contributed by atoms with Crippen LogP contribution in [0, 0.1) is 0 Å². The third-order valence-corrected chi connectivity index (χ3v) is 2.83. The van der Waals surface area contributed by atoms with Crippen molar-refractivity contribution in [3.8, 4) is 0 Å². The van der Waals surface area contributed by atoms with Crippen LogP contribution in [0.3, 0.4) is 0 Å². The van der Waals surface area contributed by atoms with Crippen molar-refractivity contribution in [2.45, 2.75) is 0 Å². The van der Waals surface area contributed by atoms with E-state index in [2.05, 4.69) is 0 Å². The van der Waals surface area contributed by atoms with Gasteiger partial charge in [-0.25, -0.2) is 5.06 Å². The Balaban J connectivity index is 2.60. The molecule has 0 bridgehead atoms. The Bertz CT molecular complexity index is 607. The van der Waals surface area contributed by atoms with Gasteiger partial charge in [0, 0.05) is 18.2 Å². The molecule has 18 heavy (non-hydrogen) atoms. The summed E-state index contributed by atoms with van der Waals surface area (Å²) in [5, 5.41) is 2.82. The van der Waals surface area contributed by atoms with E-state index in [1.165, 1.54) is 14.2 Å². The number of benzene rings is 2. The SMILES string of the molecule is CON(C)C(=O)c1cc(C=O)c2ccccc2c1. The highest BCUT2D eigenvalue weighted by Gasteiger charge is 2.13. The van der Waals surface area contributed by atoms with Crippen LogP contribution < -0.4 is 0 Å². The smallest absolute Gasteiger partial charge is 0.277 e. The van der Waals surface area contributed by atoms with E-state index >= 15 is 0 Å². The molecule has 0 spiro atoms. The summed E-state index contributed by atoms with van der Waals surface area (Å²) in [7, 11) is 2.94. The van der Waals surface area contributed by atoms with Crippen LogP contribution in [0.2, 0.25) is 0 Å². The van der Waals surface area contributed by atoms with E-state index < -0.39 is 0 Å². The number of rotatable bonds is 3. The number of fused-ring (bicyclic) bond motifs is 1. The summed E-state index contributed by atoms with van der Waals surface area (Å²) in [4.78, 5) is 27.9. The predicted molar refractivity (Wildman–Crippen MR) is 68.4 cm³/mol. The van der Waals surface area contributed by atoms with Crippen molar-refractivity contribution in [3.05, 3.63) is 47.5 Å². The number of hydroxylamine groups is 2. The molecule has 0 aliphatic heterocycles. The minimum absolute atomic E-state index is 0.286. The van der Waals surface area contributed by atoms with Crippen LogP contribution in [0.4, 0.5) is 0 Å². The first-order valence-corrected chi connectivity index (χ1v) is 5.47. The number of aldehydes is 1. The largest absolute Gasteiger partial charge is 0.298 e. The van der Waals surface area contributed by atoms with Crippen LogP contribution >= 0.6 is 0 Å². The van der Waals surface area contributed by atoms with Gasteiger partial charge in [-0.15, -0.1) is 0 Å². The molecule has 2 rings (SSSR count). The maximum atomic E-state index is 12.0. The van der Waals surface area contributed by atoms with Gasteiger partial charge in [0.05, 0.1) is 7.11 Å². The van der Waals surface area contributed by atoms with Crippen molar-refractivity contribution in [1.29, 1.82) is 0 Å². The summed E-state index contributed by atoms with van der Waals surface area (Å²) < 4.78 is 0. The number of carbonyl (C=O) groups excluding carboxylic acids is 2. The molecule has 0 aliphatic rings. The number of nitrogens with zero attached hydrogens (tertiary/aromatic N) is 1. The minimum Gasteiger partial charge on any atom is -0.298 e. The number of hydrogen-bond acceptors (Lipinski definition) is 3. The van der Waals surface area contributed by atoms with Crippen LogP contribution in [0.25, 0.3) is 10.8 Å². The number of hydrogen-bond donors (Lipinski definition) is 0. The Morgan fingerprint density at radius 2 is 2.00 bits per heavy atom. The lowest BCUT2D eigenvalue weighted by Crippen LogP contribution is -2.25. The minimum atomic E-state index is -0.286. The van der Waals surface area contributed by atoms with Crippen LogP contribution in [-0.4, -0.2) is 31.4 Å². The summed E-state index contributed by atoms with van der Waals surface area (Å²) in [6.07, 6.45) is 0.756. The van der Waals surface area contributed by atoms with E-state index in [1.54, 1.807) is 12.1 Å². The van der Waals surface area contributed by atoms with E-state index in [0.717, 1.165) is 22.1 Å². The van der Waals surface area contributed by atoms with E-state index in [1.807, 2.05) is 24.3 Å². The highest BCUT2D eigenvalue weighted by molar-refractivity contribution is 6.04. The summed E-state index contributed by atoms with van der Waals surface area (Å²) in [6.45, 7) is 0. The predicted octanol–water partition coefficient (Wildman–Crippen LogP) is 2.29. The first kappa shape index (κ1) is 12.3. The van der Waals surface area contributed by atoms with Crippen LogP contribution in [0.5, 0.6) is 0 Å². The molecule has 92 valence electrons. The zero-order valence-corrected chi connectivity index (χ0v) is 10.2. The average molecular weight is 243 g/mol. The van der Waals surface area contributed by atoms with Crippen molar-refractivity contribution in [2.75, 3.05) is 14.2 Å². The molecule has 4 heteroatoms. The van der Waals surface area contributed by atoms with E-state index in [4.69, 9.17) is 4.84 Å². The molecule has 0 unspecified atom stereocenters. The number of carbonyl (C=O) groups is 2. The zero-order chi connectivity index (χ0) is 13.1. The van der Waals surface area contributed by atoms with Gasteiger partial charge in [0.25, 0.3) is 5.91 Å². The van der Waals surface area contributed by atoms with E-state index in [9.17, 15) is 9.59 Å². The third-order valence-electron chi connectivity index (χ3n) is 2.83. The Morgan fingerprint density at radius 3 is 2.67 bits per heavy atom. The molecular formula is C14H13NO3. The molecule has 0 atom stereocenters. The van der Waals surface area contributed by atoms with E-state index in [-0.39, 0.29) is 5.91 Å². The van der Waals surface area contributed by atoms with Crippen LogP contribution in [0.1, 0.15) is 20.7 Å². The molecule has 0 radical (unpaired) electrons. The van der Waals surface area contributed by atoms with Gasteiger partial charge in [-0.3, -0.25) is 14.4 Å². The van der Waals surface area contributed by atoms with Crippen molar-refractivity contribution >= 4 is 23.0 Å². The second-order valence-electron chi connectivity index (χ2n) is 3.89. The maximum absolute atomic E-state index is 12.0. The first-order valence-electron chi connectivity index (χ1n) is 5.47. The van der Waals surface area contributed by atoms with Gasteiger partial charge in [0.1, 0.15) is 0 Å². The first-order chi connectivity index (χ1) is 8.67. The Labute approximate surface area is 105 Å². The molecule has 0 saturated heterocycles. The fourth-order valence-corrected chi connectivity index (χ4v) is 1.83. The maximum Gasteiger partial charge on any atom is 0.277 e. The summed E-state index contributed by atoms with van der Waals surface area (Å²) in [5.74, 6) is -0.286. The van der Waals surface area contributed by atoms with Crippen molar-refractivity contribution < 1.29 is 14.4 Å². The summed E-state index contributed by atoms with van der Waals surface area (Å²) >= 11 is 0. The Kier molecular flexibility index (Phi) is 3.39. The third kappa shape index (κ3) is 2.10. The fraction of sp³-hybridized carbons (Fsp3) is 0.143. The fourth-order valence-electron chi connectivity index (χ4n) is 1.83. The molecular weight excluding hydrogens is 230 g/mol. The standard InChI is InChI=1S/C14H13NO3/c1-15(18-2)14(17)11-7-10-5-3-4-6-13(10)12(8-11)9-16/h3-9H,1-2H3. The molecule has 2 aromatic rings. The second-order valence-corrected chi connectivity index (χ2v) is 3.89. The van der Waals surface area contributed by atoms with Crippen molar-refractivity contribution in [2.24, 2.45) is 0 Å². The topological polar surface area (TPSA) is 46.6 Å². The lowest BCUT2D eigenvalue weighted by atomic mass is 10.0.